The van der Waals surface area contributed by atoms with Gasteiger partial charge in [0.2, 0.25) is 0 Å². The topological polar surface area (TPSA) is 9.23 Å². The Morgan fingerprint density at radius 1 is 1.30 bits per heavy atom. The highest BCUT2D eigenvalue weighted by molar-refractivity contribution is 4.80. The summed E-state index contributed by atoms with van der Waals surface area (Å²) in [6, 6.07) is 0. The smallest absolute Gasteiger partial charge is 0.0650 e. The van der Waals surface area contributed by atoms with Gasteiger partial charge in [-0.15, -0.1) is 0 Å². The first-order valence-electron chi connectivity index (χ1n) is 4.04. The van der Waals surface area contributed by atoms with E-state index < -0.39 is 0 Å². The summed E-state index contributed by atoms with van der Waals surface area (Å²) in [5, 5.41) is 0. The lowest BCUT2D eigenvalue weighted by molar-refractivity contribution is 0.102. The number of ether oxygens (including phenoxy) is 1. The molecule has 0 aromatic rings. The number of allylic oxidation sites excluding steroid dienone is 1. The number of rotatable bonds is 5. The fourth-order valence-electron chi connectivity index (χ4n) is 0.601. The summed E-state index contributed by atoms with van der Waals surface area (Å²) in [4.78, 5) is 0. The SMILES string of the molecule is CCCC=CCOC(C)C. The van der Waals surface area contributed by atoms with Crippen molar-refractivity contribution in [2.45, 2.75) is 39.7 Å². The first kappa shape index (κ1) is 9.70. The molecule has 0 aliphatic rings. The van der Waals surface area contributed by atoms with E-state index in [9.17, 15) is 0 Å². The van der Waals surface area contributed by atoms with Gasteiger partial charge in [0.1, 0.15) is 0 Å². The molecule has 0 aromatic heterocycles. The molecular weight excluding hydrogens is 124 g/mol. The predicted octanol–water partition coefficient (Wildman–Crippen LogP) is 2.77. The molecule has 0 spiro atoms. The van der Waals surface area contributed by atoms with E-state index in [1.165, 1.54) is 12.8 Å². The summed E-state index contributed by atoms with van der Waals surface area (Å²) in [6.45, 7) is 7.03. The van der Waals surface area contributed by atoms with Crippen LogP contribution in [0.25, 0.3) is 0 Å². The van der Waals surface area contributed by atoms with E-state index in [-0.39, 0.29) is 0 Å². The molecule has 0 unspecified atom stereocenters. The fraction of sp³-hybridized carbons (Fsp3) is 0.778. The van der Waals surface area contributed by atoms with E-state index in [1.807, 2.05) is 13.8 Å². The molecule has 0 N–H and O–H groups in total. The number of hydrogen-bond donors (Lipinski definition) is 0. The van der Waals surface area contributed by atoms with E-state index in [4.69, 9.17) is 4.74 Å². The van der Waals surface area contributed by atoms with Crippen LogP contribution in [0.3, 0.4) is 0 Å². The summed E-state index contributed by atoms with van der Waals surface area (Å²) in [5.41, 5.74) is 0. The van der Waals surface area contributed by atoms with Crippen molar-refractivity contribution in [1.82, 2.24) is 0 Å². The third-order valence-corrected chi connectivity index (χ3v) is 1.15. The van der Waals surface area contributed by atoms with Crippen molar-refractivity contribution in [1.29, 1.82) is 0 Å². The molecule has 0 aromatic carbocycles. The van der Waals surface area contributed by atoms with E-state index >= 15 is 0 Å². The van der Waals surface area contributed by atoms with E-state index in [1.54, 1.807) is 0 Å². The minimum Gasteiger partial charge on any atom is -0.375 e. The monoisotopic (exact) mass is 142 g/mol. The molecule has 1 nitrogen and oxygen atoms in total. The van der Waals surface area contributed by atoms with Crippen LogP contribution in [0.15, 0.2) is 12.2 Å². The van der Waals surface area contributed by atoms with Crippen LogP contribution in [0.5, 0.6) is 0 Å². The van der Waals surface area contributed by atoms with Crippen molar-refractivity contribution in [3.8, 4) is 0 Å². The summed E-state index contributed by atoms with van der Waals surface area (Å²) in [6.07, 6.45) is 7.00. The van der Waals surface area contributed by atoms with Gasteiger partial charge in [-0.05, 0) is 20.3 Å². The van der Waals surface area contributed by atoms with Crippen molar-refractivity contribution in [2.24, 2.45) is 0 Å². The maximum absolute atomic E-state index is 5.30. The van der Waals surface area contributed by atoms with Crippen LogP contribution >= 0.6 is 0 Å². The highest BCUT2D eigenvalue weighted by atomic mass is 16.5. The Kier molecular flexibility index (Phi) is 6.61. The van der Waals surface area contributed by atoms with Gasteiger partial charge < -0.3 is 4.74 Å². The van der Waals surface area contributed by atoms with Gasteiger partial charge in [-0.2, -0.15) is 0 Å². The minimum absolute atomic E-state index is 0.353. The average Bonchev–Trinajstić information content (AvgIpc) is 1.87. The van der Waals surface area contributed by atoms with Crippen LogP contribution in [-0.2, 0) is 4.74 Å². The normalized spacial score (nSPS) is 11.6. The largest absolute Gasteiger partial charge is 0.375 e. The Bertz CT molecular complexity index is 84.7. The zero-order valence-electron chi connectivity index (χ0n) is 7.26. The molecule has 0 radical (unpaired) electrons. The molecule has 0 aliphatic heterocycles. The quantitative estimate of drug-likeness (QED) is 0.536. The summed E-state index contributed by atoms with van der Waals surface area (Å²) in [5.74, 6) is 0. The molecule has 0 saturated carbocycles. The second kappa shape index (κ2) is 6.81. The standard InChI is InChI=1S/C9H18O/c1-4-5-6-7-8-10-9(2)3/h6-7,9H,4-5,8H2,1-3H3. The lowest BCUT2D eigenvalue weighted by atomic mass is 10.3. The maximum atomic E-state index is 5.30. The second-order valence-corrected chi connectivity index (χ2v) is 2.64. The fourth-order valence-corrected chi connectivity index (χ4v) is 0.601. The van der Waals surface area contributed by atoms with E-state index in [0.29, 0.717) is 6.10 Å². The molecule has 0 heterocycles. The highest BCUT2D eigenvalue weighted by Gasteiger charge is 1.86. The van der Waals surface area contributed by atoms with E-state index in [0.717, 1.165) is 6.61 Å². The third kappa shape index (κ3) is 7.70. The summed E-state index contributed by atoms with van der Waals surface area (Å²) < 4.78 is 5.30. The van der Waals surface area contributed by atoms with Crippen molar-refractivity contribution in [3.05, 3.63) is 12.2 Å². The molecule has 60 valence electrons. The second-order valence-electron chi connectivity index (χ2n) is 2.64. The van der Waals surface area contributed by atoms with Gasteiger partial charge in [-0.3, -0.25) is 0 Å². The van der Waals surface area contributed by atoms with Gasteiger partial charge >= 0.3 is 0 Å². The molecule has 10 heavy (non-hydrogen) atoms. The Morgan fingerprint density at radius 2 is 2.00 bits per heavy atom. The predicted molar refractivity (Wildman–Crippen MR) is 45.1 cm³/mol. The Labute approximate surface area is 64.1 Å². The van der Waals surface area contributed by atoms with Gasteiger partial charge in [-0.25, -0.2) is 0 Å². The lowest BCUT2D eigenvalue weighted by Crippen LogP contribution is -2.01. The average molecular weight is 142 g/mol. The van der Waals surface area contributed by atoms with Gasteiger partial charge in [0.05, 0.1) is 12.7 Å². The van der Waals surface area contributed by atoms with Crippen molar-refractivity contribution >= 4 is 0 Å². The van der Waals surface area contributed by atoms with Crippen molar-refractivity contribution in [2.75, 3.05) is 6.61 Å². The van der Waals surface area contributed by atoms with Crippen LogP contribution in [0, 0.1) is 0 Å². The maximum Gasteiger partial charge on any atom is 0.0650 e. The first-order chi connectivity index (χ1) is 4.77. The molecular formula is C9H18O. The Hall–Kier alpha value is -0.300. The molecule has 1 heteroatoms. The molecule has 0 saturated heterocycles. The Balaban J connectivity index is 3.02. The summed E-state index contributed by atoms with van der Waals surface area (Å²) >= 11 is 0. The number of unbranched alkanes of at least 4 members (excludes halogenated alkanes) is 1. The zero-order chi connectivity index (χ0) is 7.82. The molecule has 0 bridgehead atoms. The Morgan fingerprint density at radius 3 is 2.50 bits per heavy atom. The van der Waals surface area contributed by atoms with Crippen LogP contribution in [0.4, 0.5) is 0 Å². The van der Waals surface area contributed by atoms with E-state index in [2.05, 4.69) is 19.1 Å². The highest BCUT2D eigenvalue weighted by Crippen LogP contribution is 1.91. The van der Waals surface area contributed by atoms with Gasteiger partial charge in [0.15, 0.2) is 0 Å². The van der Waals surface area contributed by atoms with Gasteiger partial charge in [0.25, 0.3) is 0 Å². The summed E-state index contributed by atoms with van der Waals surface area (Å²) in [7, 11) is 0. The van der Waals surface area contributed by atoms with Crippen LogP contribution < -0.4 is 0 Å². The molecule has 0 rings (SSSR count). The van der Waals surface area contributed by atoms with Crippen LogP contribution in [-0.4, -0.2) is 12.7 Å². The molecule has 0 amide bonds. The minimum atomic E-state index is 0.353. The molecule has 0 atom stereocenters. The molecule has 0 fully saturated rings. The van der Waals surface area contributed by atoms with Crippen molar-refractivity contribution < 1.29 is 4.74 Å². The number of hydrogen-bond acceptors (Lipinski definition) is 1. The van der Waals surface area contributed by atoms with Crippen LogP contribution in [0.2, 0.25) is 0 Å². The van der Waals surface area contributed by atoms with Crippen molar-refractivity contribution in [3.63, 3.8) is 0 Å². The third-order valence-electron chi connectivity index (χ3n) is 1.15. The zero-order valence-corrected chi connectivity index (χ0v) is 7.26. The first-order valence-corrected chi connectivity index (χ1v) is 4.04. The van der Waals surface area contributed by atoms with Crippen LogP contribution in [0.1, 0.15) is 33.6 Å². The lowest BCUT2D eigenvalue weighted by Gasteiger charge is -2.02. The van der Waals surface area contributed by atoms with Gasteiger partial charge in [-0.1, -0.05) is 25.5 Å². The van der Waals surface area contributed by atoms with Gasteiger partial charge in [0, 0.05) is 0 Å². The molecule has 0 aliphatic carbocycles.